The van der Waals surface area contributed by atoms with Gasteiger partial charge in [0.25, 0.3) is 0 Å². The number of nitrogens with two attached hydrogens (primary N) is 1. The van der Waals surface area contributed by atoms with Crippen molar-refractivity contribution >= 4 is 70.6 Å². The van der Waals surface area contributed by atoms with Crippen molar-refractivity contribution < 1.29 is 73.9 Å². The molecule has 118 heavy (non-hydrogen) atoms. The average molecular weight is 1750 g/mol. The van der Waals surface area contributed by atoms with Crippen LogP contribution in [-0.4, -0.2) is 157 Å². The Hall–Kier alpha value is -6.93. The van der Waals surface area contributed by atoms with Gasteiger partial charge in [0.1, 0.15) is 0 Å². The van der Waals surface area contributed by atoms with Gasteiger partial charge in [-0.3, -0.25) is 24.7 Å². The van der Waals surface area contributed by atoms with Crippen molar-refractivity contribution in [3.63, 3.8) is 0 Å². The topological polar surface area (TPSA) is 193 Å². The van der Waals surface area contributed by atoms with Gasteiger partial charge < -0.3 is 11.1 Å². The summed E-state index contributed by atoms with van der Waals surface area (Å²) in [6.07, 6.45) is 4.30. The predicted molar refractivity (Wildman–Crippen MR) is 444 cm³/mol. The quantitative estimate of drug-likeness (QED) is 0.0573. The van der Waals surface area contributed by atoms with Crippen LogP contribution in [0.3, 0.4) is 0 Å². The first-order chi connectivity index (χ1) is 55.3. The number of aromatic nitrogens is 6. The summed E-state index contributed by atoms with van der Waals surface area (Å²) in [5, 5.41) is 5.38. The molecule has 0 atom stereocenters. The molecule has 3 N–H and O–H groups in total. The average Bonchev–Trinajstić information content (AvgIpc) is 0.786. The van der Waals surface area contributed by atoms with E-state index in [9.17, 15) is 73.9 Å². The Bertz CT molecular complexity index is 4700. The minimum absolute atomic E-state index is 0.0522. The van der Waals surface area contributed by atoms with Crippen LogP contribution in [0.2, 0.25) is 10.0 Å². The van der Waals surface area contributed by atoms with Crippen LogP contribution in [0.25, 0.3) is 44.1 Å². The molecule has 652 valence electrons. The van der Waals surface area contributed by atoms with E-state index in [0.29, 0.717) is 59.4 Å². The van der Waals surface area contributed by atoms with E-state index in [1.807, 2.05) is 51.1 Å². The van der Waals surface area contributed by atoms with Gasteiger partial charge >= 0.3 is 30.8 Å². The molecule has 0 unspecified atom stereocenters. The number of fused-ring (bicyclic) bond motifs is 2. The Kier molecular flexibility index (Phi) is 36.8. The number of benzene rings is 4. The number of anilines is 1. The van der Waals surface area contributed by atoms with E-state index < -0.39 is 76.5 Å². The third-order valence-electron chi connectivity index (χ3n) is 22.2. The maximum absolute atomic E-state index is 13.5. The smallest absolute Gasteiger partial charge is 0.351 e. The zero-order chi connectivity index (χ0) is 87.3. The lowest BCUT2D eigenvalue weighted by Gasteiger charge is -2.35. The van der Waals surface area contributed by atoms with E-state index >= 15 is 0 Å². The molecule has 4 aliphatic rings. The molecule has 12 rings (SSSR count). The van der Waals surface area contributed by atoms with E-state index in [4.69, 9.17) is 33.9 Å². The SMILES string of the molecule is CC1CCC(N(C)CC(F)(F)F)CC1.CCC(F)(F)F.CCC1CCC(C)CC1.CCc1cc(-c2ccc(CS(=O)(=O)c3ccccc3Cl)nc2C)cc2cnc(F)nc12.CCc1cc(-c2ccc(CS(=O)(=O)c3ccccc3Cl)nc2C)cc2cnc(NC3CCC(N(C)CC(F)(F)F)CC3)nc12.CN(CC(F)(F)F)C1CCC(N)CC1. The number of alkyl halides is 12. The number of nitrogens with one attached hydrogen (secondary N) is 1. The second-order valence-corrected chi connectivity index (χ2v) is 36.4. The predicted octanol–water partition coefficient (Wildman–Crippen LogP) is 22.7. The number of aryl methyl sites for hydroxylation is 4. The lowest BCUT2D eigenvalue weighted by Crippen LogP contribution is -2.42. The van der Waals surface area contributed by atoms with Crippen LogP contribution in [0.15, 0.2) is 119 Å². The van der Waals surface area contributed by atoms with Gasteiger partial charge in [0.2, 0.25) is 5.95 Å². The molecule has 0 spiro atoms. The first kappa shape index (κ1) is 98.2. The standard InChI is InChI=1S/C32H35ClF3N5O2S.C23H19ClFN3O2S.C10H18F3N.C9H17F3N2.C9H18.C3H5F3/c1-4-21-15-22(27-14-11-25(38-20(27)2)18-44(42,43)29-8-6-5-7-28(29)33)16-23-17-37-31(40-30(21)23)39-24-9-12-26(13-10-24)41(3)19-32(34,35)36;1-3-15-10-16(11-17-12-26-23(25)28-22(15)17)19-9-8-18(27-14(19)2)13-31(29,30)21-7-5-4-6-20(21)24;1-8-3-5-9(6-4-8)14(2)7-10(11,12)13;1-14(6-9(10,11)12)8-4-2-7(13)3-5-8;1-3-9-6-4-8(2)5-7-9;1-2-3(4,5)6/h5-8,11,14-17,24,26H,4,9-10,12-13,18-19H2,1-3H3,(H,37,39,40);4-12H,3,13H2,1-2H3;8-9H,3-7H2,1-2H3;7-8H,2-6,13H2,1H3;8-9H,3-7H2,1-2H3;2H2,1H3. The molecule has 4 fully saturated rings. The van der Waals surface area contributed by atoms with Crippen LogP contribution >= 0.6 is 23.2 Å². The second-order valence-electron chi connectivity index (χ2n) is 31.7. The number of rotatable bonds is 19. The molecular formula is C86H112Cl2F13N11O4S2. The summed E-state index contributed by atoms with van der Waals surface area (Å²) in [7, 11) is -2.64. The molecule has 4 saturated carbocycles. The van der Waals surface area contributed by atoms with Crippen LogP contribution < -0.4 is 11.1 Å². The number of sulfone groups is 2. The third-order valence-corrected chi connectivity index (χ3v) is 26.5. The number of hydrogen-bond acceptors (Lipinski definition) is 15. The fourth-order valence-corrected chi connectivity index (χ4v) is 19.0. The number of nitrogens with zero attached hydrogens (tertiary/aromatic N) is 9. The summed E-state index contributed by atoms with van der Waals surface area (Å²) in [6, 6.07) is 28.2. The fraction of sp³-hybridized carbons (Fsp3) is 0.558. The van der Waals surface area contributed by atoms with Gasteiger partial charge in [-0.05, 0) is 226 Å². The van der Waals surface area contributed by atoms with Crippen LogP contribution in [0.5, 0.6) is 0 Å². The summed E-state index contributed by atoms with van der Waals surface area (Å²) in [6.45, 7) is 13.2. The largest absolute Gasteiger partial charge is 0.401 e. The molecule has 0 bridgehead atoms. The summed E-state index contributed by atoms with van der Waals surface area (Å²) >= 11 is 12.2. The molecule has 4 heterocycles. The monoisotopic (exact) mass is 1740 g/mol. The number of halogens is 15. The Balaban J connectivity index is 0.000000223. The minimum Gasteiger partial charge on any atom is -0.351 e. The molecule has 8 aromatic rings. The fourth-order valence-electron chi connectivity index (χ4n) is 15.3. The lowest BCUT2D eigenvalue weighted by molar-refractivity contribution is -0.149. The van der Waals surface area contributed by atoms with Crippen LogP contribution in [0.4, 0.5) is 63.0 Å². The van der Waals surface area contributed by atoms with Gasteiger partial charge in [-0.1, -0.05) is 133 Å². The normalized spacial score (nSPS) is 20.1. The third kappa shape index (κ3) is 31.5. The first-order valence-electron chi connectivity index (χ1n) is 40.3. The second kappa shape index (κ2) is 44.2. The molecule has 0 aliphatic heterocycles. The van der Waals surface area contributed by atoms with Crippen molar-refractivity contribution in [2.45, 2.75) is 260 Å². The van der Waals surface area contributed by atoms with Crippen molar-refractivity contribution in [3.8, 4) is 22.3 Å². The Labute approximate surface area is 696 Å². The minimum atomic E-state index is -4.20. The van der Waals surface area contributed by atoms with E-state index in [0.717, 1.165) is 139 Å². The maximum Gasteiger partial charge on any atom is 0.401 e. The molecule has 4 aromatic heterocycles. The molecule has 0 amide bonds. The van der Waals surface area contributed by atoms with Crippen LogP contribution in [-0.2, 0) is 44.0 Å². The molecule has 32 heteroatoms. The first-order valence-corrected chi connectivity index (χ1v) is 44.4. The van der Waals surface area contributed by atoms with Crippen LogP contribution in [0.1, 0.15) is 191 Å². The number of hydrogen-bond donors (Lipinski definition) is 2. The zero-order valence-electron chi connectivity index (χ0n) is 68.9. The van der Waals surface area contributed by atoms with Crippen molar-refractivity contribution in [2.24, 2.45) is 23.5 Å². The highest BCUT2D eigenvalue weighted by Gasteiger charge is 2.37. The Morgan fingerprint density at radius 3 is 1.20 bits per heavy atom. The van der Waals surface area contributed by atoms with Crippen molar-refractivity contribution in [3.05, 3.63) is 159 Å². The highest BCUT2D eigenvalue weighted by Crippen LogP contribution is 2.37. The van der Waals surface area contributed by atoms with Gasteiger partial charge in [-0.25, -0.2) is 36.8 Å². The summed E-state index contributed by atoms with van der Waals surface area (Å²) in [5.74, 6) is 2.78. The molecule has 0 radical (unpaired) electrons. The van der Waals surface area contributed by atoms with Crippen molar-refractivity contribution in [1.29, 1.82) is 0 Å². The Morgan fingerprint density at radius 2 is 0.839 bits per heavy atom. The van der Waals surface area contributed by atoms with Gasteiger partial charge in [0.05, 0.1) is 73.4 Å². The van der Waals surface area contributed by atoms with Gasteiger partial charge in [0, 0.05) is 82.3 Å². The van der Waals surface area contributed by atoms with Gasteiger partial charge in [0.15, 0.2) is 19.7 Å². The summed E-state index contributed by atoms with van der Waals surface area (Å²) in [5.41, 5.74) is 14.9. The highest BCUT2D eigenvalue weighted by molar-refractivity contribution is 7.91. The number of pyridine rings is 2. The van der Waals surface area contributed by atoms with Crippen LogP contribution in [0, 0.1) is 37.7 Å². The Morgan fingerprint density at radius 1 is 0.475 bits per heavy atom. The van der Waals surface area contributed by atoms with E-state index in [-0.39, 0.29) is 61.6 Å². The molecule has 4 aromatic carbocycles. The van der Waals surface area contributed by atoms with E-state index in [2.05, 4.69) is 64.0 Å². The molecule has 0 saturated heterocycles. The van der Waals surface area contributed by atoms with Gasteiger partial charge in [-0.2, -0.15) is 57.1 Å². The maximum atomic E-state index is 13.5. The lowest BCUT2D eigenvalue weighted by atomic mass is 9.82. The van der Waals surface area contributed by atoms with Crippen molar-refractivity contribution in [1.82, 2.24) is 44.6 Å². The highest BCUT2D eigenvalue weighted by atomic mass is 35.5. The summed E-state index contributed by atoms with van der Waals surface area (Å²) < 4.78 is 208. The van der Waals surface area contributed by atoms with Gasteiger partial charge in [-0.15, -0.1) is 0 Å². The molecular weight excluding hydrogens is 1630 g/mol. The zero-order valence-corrected chi connectivity index (χ0v) is 72.1. The van der Waals surface area contributed by atoms with E-state index in [1.54, 1.807) is 61.8 Å². The molecule has 4 aliphatic carbocycles. The summed E-state index contributed by atoms with van der Waals surface area (Å²) in [4.78, 5) is 30.5. The van der Waals surface area contributed by atoms with Crippen molar-refractivity contribution in [2.75, 3.05) is 46.1 Å². The molecule has 15 nitrogen and oxygen atoms in total. The van der Waals surface area contributed by atoms with E-state index in [1.165, 1.54) is 79.2 Å².